The number of nitrogens with two attached hydrogens (primary N) is 1. The van der Waals surface area contributed by atoms with E-state index in [-0.39, 0.29) is 11.8 Å². The van der Waals surface area contributed by atoms with Crippen molar-refractivity contribution in [1.82, 2.24) is 5.32 Å². The van der Waals surface area contributed by atoms with Gasteiger partial charge in [-0.2, -0.15) is 0 Å². The Labute approximate surface area is 119 Å². The number of carbonyl (C=O) groups excluding carboxylic acids is 2. The maximum atomic E-state index is 11.5. The van der Waals surface area contributed by atoms with Crippen molar-refractivity contribution in [2.24, 2.45) is 11.7 Å². The van der Waals surface area contributed by atoms with Crippen molar-refractivity contribution in [2.75, 3.05) is 13.7 Å². The molecular formula is C15H21N2O3. The first-order chi connectivity index (χ1) is 9.52. The number of carbonyl (C=O) groups is 2. The highest BCUT2D eigenvalue weighted by Crippen LogP contribution is 2.11. The normalized spacial score (nSPS) is 11.7. The smallest absolute Gasteiger partial charge is 0.223 e. The van der Waals surface area contributed by atoms with Gasteiger partial charge in [0.1, 0.15) is 5.75 Å². The molecule has 1 aromatic carbocycles. The Morgan fingerprint density at radius 3 is 2.55 bits per heavy atom. The van der Waals surface area contributed by atoms with Crippen LogP contribution in [0, 0.1) is 12.3 Å². The molecule has 0 saturated heterocycles. The summed E-state index contributed by atoms with van der Waals surface area (Å²) in [6.07, 6.45) is 2.57. The van der Waals surface area contributed by atoms with Gasteiger partial charge in [-0.1, -0.05) is 19.1 Å². The van der Waals surface area contributed by atoms with Crippen LogP contribution < -0.4 is 15.8 Å². The van der Waals surface area contributed by atoms with Crippen LogP contribution in [0.3, 0.4) is 0 Å². The van der Waals surface area contributed by atoms with E-state index in [1.54, 1.807) is 14.0 Å². The van der Waals surface area contributed by atoms with Crippen LogP contribution in [0.2, 0.25) is 0 Å². The Bertz CT molecular complexity index is 443. The van der Waals surface area contributed by atoms with Crippen LogP contribution in [0.1, 0.15) is 18.9 Å². The molecule has 3 N–H and O–H groups in total. The second-order valence-electron chi connectivity index (χ2n) is 4.63. The van der Waals surface area contributed by atoms with E-state index < -0.39 is 5.91 Å². The molecule has 0 heterocycles. The summed E-state index contributed by atoms with van der Waals surface area (Å²) in [7, 11) is 1.62. The van der Waals surface area contributed by atoms with Crippen molar-refractivity contribution in [3.63, 3.8) is 0 Å². The summed E-state index contributed by atoms with van der Waals surface area (Å²) in [4.78, 5) is 22.3. The molecule has 0 aliphatic rings. The van der Waals surface area contributed by atoms with Gasteiger partial charge in [-0.15, -0.1) is 0 Å². The first-order valence-electron chi connectivity index (χ1n) is 6.56. The summed E-state index contributed by atoms with van der Waals surface area (Å²) in [5.74, 6) is -0.0761. The minimum atomic E-state index is -0.396. The topological polar surface area (TPSA) is 81.4 Å². The predicted octanol–water partition coefficient (Wildman–Crippen LogP) is 1.07. The van der Waals surface area contributed by atoms with Gasteiger partial charge < -0.3 is 15.8 Å². The molecule has 1 aromatic rings. The van der Waals surface area contributed by atoms with Gasteiger partial charge in [-0.3, -0.25) is 9.59 Å². The number of benzene rings is 1. The number of hydrogen-bond donors (Lipinski definition) is 2. The van der Waals surface area contributed by atoms with E-state index in [0.29, 0.717) is 13.0 Å². The molecule has 0 aliphatic carbocycles. The number of methoxy groups -OCH3 is 1. The molecule has 0 aliphatic heterocycles. The van der Waals surface area contributed by atoms with Gasteiger partial charge in [0.05, 0.1) is 13.5 Å². The van der Waals surface area contributed by atoms with E-state index in [1.165, 1.54) is 6.42 Å². The first-order valence-corrected chi connectivity index (χ1v) is 6.56. The summed E-state index contributed by atoms with van der Waals surface area (Å²) < 4.78 is 5.07. The predicted molar refractivity (Wildman–Crippen MR) is 77.0 cm³/mol. The molecule has 20 heavy (non-hydrogen) atoms. The number of ether oxygens (including phenoxy) is 1. The zero-order valence-corrected chi connectivity index (χ0v) is 11.9. The van der Waals surface area contributed by atoms with Crippen molar-refractivity contribution < 1.29 is 14.3 Å². The minimum absolute atomic E-state index is 0.174. The lowest BCUT2D eigenvalue weighted by Crippen LogP contribution is -2.28. The number of hydrogen-bond acceptors (Lipinski definition) is 3. The summed E-state index contributed by atoms with van der Waals surface area (Å²) in [5, 5.41) is 2.78. The second kappa shape index (κ2) is 8.19. The Kier molecular flexibility index (Phi) is 6.56. The van der Waals surface area contributed by atoms with E-state index in [0.717, 1.165) is 17.7 Å². The van der Waals surface area contributed by atoms with Gasteiger partial charge in [-0.25, -0.2) is 0 Å². The Balaban J connectivity index is 2.22. The third-order valence-electron chi connectivity index (χ3n) is 3.01. The quantitative estimate of drug-likeness (QED) is 0.745. The van der Waals surface area contributed by atoms with Crippen LogP contribution in [-0.4, -0.2) is 25.5 Å². The van der Waals surface area contributed by atoms with E-state index in [2.05, 4.69) is 5.32 Å². The second-order valence-corrected chi connectivity index (χ2v) is 4.63. The highest BCUT2D eigenvalue weighted by molar-refractivity contribution is 5.85. The van der Waals surface area contributed by atoms with Gasteiger partial charge >= 0.3 is 0 Å². The highest BCUT2D eigenvalue weighted by atomic mass is 16.5. The van der Waals surface area contributed by atoms with Crippen LogP contribution >= 0.6 is 0 Å². The number of amides is 2. The molecule has 0 bridgehead atoms. The van der Waals surface area contributed by atoms with Crippen molar-refractivity contribution in [2.45, 2.75) is 19.8 Å². The standard InChI is InChI=1S/C15H21N2O3/c1-11(15(16)19)3-8-14(18)17-10-9-12-4-6-13(20-2)7-5-12/h4-8,11H,3,9-10H2,1-2H3,(H2,16,19)(H,17,18)/t11-/m0/s1. The average molecular weight is 277 g/mol. The molecule has 0 saturated carbocycles. The van der Waals surface area contributed by atoms with Crippen LogP contribution in [0.25, 0.3) is 0 Å². The number of nitrogens with one attached hydrogen (secondary N) is 1. The zero-order chi connectivity index (χ0) is 15.0. The van der Waals surface area contributed by atoms with E-state index >= 15 is 0 Å². The van der Waals surface area contributed by atoms with Gasteiger partial charge in [0, 0.05) is 12.5 Å². The monoisotopic (exact) mass is 277 g/mol. The van der Waals surface area contributed by atoms with E-state index in [4.69, 9.17) is 10.5 Å². The summed E-state index contributed by atoms with van der Waals surface area (Å²) in [6, 6.07) is 7.70. The molecule has 1 atom stereocenters. The van der Waals surface area contributed by atoms with Gasteiger partial charge in [-0.05, 0) is 30.5 Å². The fourth-order valence-electron chi connectivity index (χ4n) is 1.59. The van der Waals surface area contributed by atoms with Crippen molar-refractivity contribution in [3.05, 3.63) is 36.2 Å². The Morgan fingerprint density at radius 2 is 2.00 bits per heavy atom. The van der Waals surface area contributed by atoms with Crippen LogP contribution in [-0.2, 0) is 16.0 Å². The Hall–Kier alpha value is -2.04. The first kappa shape index (κ1) is 16.0. The highest BCUT2D eigenvalue weighted by Gasteiger charge is 2.11. The third-order valence-corrected chi connectivity index (χ3v) is 3.01. The lowest BCUT2D eigenvalue weighted by molar-refractivity contribution is -0.121. The molecule has 1 radical (unpaired) electrons. The van der Waals surface area contributed by atoms with Crippen LogP contribution in [0.4, 0.5) is 0 Å². The SMILES string of the molecule is COc1ccc(CCNC(=O)[CH]C[C@H](C)C(N)=O)cc1. The van der Waals surface area contributed by atoms with Crippen LogP contribution in [0.15, 0.2) is 24.3 Å². The molecule has 2 amide bonds. The van der Waals surface area contributed by atoms with E-state index in [9.17, 15) is 9.59 Å². The minimum Gasteiger partial charge on any atom is -0.497 e. The van der Waals surface area contributed by atoms with Gasteiger partial charge in [0.25, 0.3) is 0 Å². The summed E-state index contributed by atoms with van der Waals surface area (Å²) >= 11 is 0. The fraction of sp³-hybridized carbons (Fsp3) is 0.400. The van der Waals surface area contributed by atoms with Crippen molar-refractivity contribution in [3.8, 4) is 5.75 Å². The molecule has 0 spiro atoms. The molecule has 0 aromatic heterocycles. The lowest BCUT2D eigenvalue weighted by Gasteiger charge is -2.08. The molecule has 5 heteroatoms. The van der Waals surface area contributed by atoms with Crippen LogP contribution in [0.5, 0.6) is 5.75 Å². The molecule has 1 rings (SSSR count). The summed E-state index contributed by atoms with van der Waals surface area (Å²) in [5.41, 5.74) is 6.24. The summed E-state index contributed by atoms with van der Waals surface area (Å²) in [6.45, 7) is 2.25. The third kappa shape index (κ3) is 5.73. The fourth-order valence-corrected chi connectivity index (χ4v) is 1.59. The number of primary amides is 1. The van der Waals surface area contributed by atoms with Gasteiger partial charge in [0.2, 0.25) is 11.8 Å². The maximum Gasteiger partial charge on any atom is 0.223 e. The molecule has 5 nitrogen and oxygen atoms in total. The van der Waals surface area contributed by atoms with Crippen molar-refractivity contribution >= 4 is 11.8 Å². The molecule has 0 fully saturated rings. The molecule has 109 valence electrons. The van der Waals surface area contributed by atoms with Crippen molar-refractivity contribution in [1.29, 1.82) is 0 Å². The van der Waals surface area contributed by atoms with E-state index in [1.807, 2.05) is 24.3 Å². The Morgan fingerprint density at radius 1 is 1.35 bits per heavy atom. The number of rotatable bonds is 8. The molecule has 0 unspecified atom stereocenters. The average Bonchev–Trinajstić information content (AvgIpc) is 2.45. The zero-order valence-electron chi connectivity index (χ0n) is 11.9. The van der Waals surface area contributed by atoms with Gasteiger partial charge in [0.15, 0.2) is 0 Å². The maximum absolute atomic E-state index is 11.5. The largest absolute Gasteiger partial charge is 0.497 e. The molecular weight excluding hydrogens is 256 g/mol. The lowest BCUT2D eigenvalue weighted by atomic mass is 10.1.